The molecule has 23 heavy (non-hydrogen) atoms. The lowest BCUT2D eigenvalue weighted by atomic mass is 9.98. The summed E-state index contributed by atoms with van der Waals surface area (Å²) in [5.74, 6) is 0.569. The van der Waals surface area contributed by atoms with E-state index in [9.17, 15) is 4.79 Å². The third-order valence-corrected chi connectivity index (χ3v) is 4.71. The number of ether oxygens (including phenoxy) is 1. The first-order valence-corrected chi connectivity index (χ1v) is 8.75. The molecular formula is C16H20N4O2S. The monoisotopic (exact) mass is 332 g/mol. The topological polar surface area (TPSA) is 68.2 Å². The first-order chi connectivity index (χ1) is 11.3. The fourth-order valence-corrected chi connectivity index (χ4v) is 3.53. The van der Waals surface area contributed by atoms with Crippen LogP contribution in [-0.4, -0.2) is 45.5 Å². The summed E-state index contributed by atoms with van der Waals surface area (Å²) in [4.78, 5) is 27.3. The number of rotatable bonds is 5. The van der Waals surface area contributed by atoms with E-state index in [1.807, 2.05) is 12.3 Å². The number of carbonyl (C=O) groups excluding carboxylic acids is 1. The van der Waals surface area contributed by atoms with Crippen LogP contribution >= 0.6 is 11.3 Å². The van der Waals surface area contributed by atoms with Crippen LogP contribution < -0.4 is 0 Å². The van der Waals surface area contributed by atoms with E-state index in [2.05, 4.69) is 19.9 Å². The van der Waals surface area contributed by atoms with E-state index in [-0.39, 0.29) is 11.9 Å². The number of esters is 1. The lowest BCUT2D eigenvalue weighted by molar-refractivity contribution is -0.150. The normalized spacial score (nSPS) is 18.7. The first kappa shape index (κ1) is 16.0. The van der Waals surface area contributed by atoms with Gasteiger partial charge < -0.3 is 4.74 Å². The largest absolute Gasteiger partial charge is 0.466 e. The van der Waals surface area contributed by atoms with Crippen LogP contribution in [-0.2, 0) is 16.1 Å². The second-order valence-corrected chi connectivity index (χ2v) is 6.40. The highest BCUT2D eigenvalue weighted by Crippen LogP contribution is 2.23. The predicted octanol–water partition coefficient (Wildman–Crippen LogP) is 2.38. The maximum atomic E-state index is 11.9. The van der Waals surface area contributed by atoms with E-state index >= 15 is 0 Å². The van der Waals surface area contributed by atoms with Gasteiger partial charge in [-0.15, -0.1) is 11.3 Å². The molecule has 122 valence electrons. The van der Waals surface area contributed by atoms with Gasteiger partial charge in [0.15, 0.2) is 10.8 Å². The van der Waals surface area contributed by atoms with Gasteiger partial charge in [0, 0.05) is 30.9 Å². The lowest BCUT2D eigenvalue weighted by Crippen LogP contribution is -2.39. The Kier molecular flexibility index (Phi) is 5.30. The van der Waals surface area contributed by atoms with E-state index in [0.29, 0.717) is 12.4 Å². The van der Waals surface area contributed by atoms with Crippen molar-refractivity contribution in [2.75, 3.05) is 19.7 Å². The van der Waals surface area contributed by atoms with Crippen LogP contribution in [0.15, 0.2) is 23.8 Å². The number of piperidine rings is 1. The zero-order valence-electron chi connectivity index (χ0n) is 13.1. The second kappa shape index (κ2) is 7.61. The summed E-state index contributed by atoms with van der Waals surface area (Å²) in [5, 5.41) is 2.87. The van der Waals surface area contributed by atoms with Gasteiger partial charge in [0.1, 0.15) is 0 Å². The molecule has 0 unspecified atom stereocenters. The van der Waals surface area contributed by atoms with Gasteiger partial charge in [0.05, 0.1) is 18.2 Å². The van der Waals surface area contributed by atoms with E-state index in [1.54, 1.807) is 29.8 Å². The molecule has 1 aliphatic rings. The molecule has 0 aromatic carbocycles. The Morgan fingerprint density at radius 3 is 3.04 bits per heavy atom. The fraction of sp³-hybridized carbons (Fsp3) is 0.500. The van der Waals surface area contributed by atoms with Gasteiger partial charge in [-0.2, -0.15) is 0 Å². The molecule has 2 aromatic heterocycles. The van der Waals surface area contributed by atoms with Crippen molar-refractivity contribution in [1.29, 1.82) is 0 Å². The van der Waals surface area contributed by atoms with Crippen molar-refractivity contribution in [1.82, 2.24) is 19.9 Å². The molecule has 0 bridgehead atoms. The van der Waals surface area contributed by atoms with Crippen LogP contribution in [0.2, 0.25) is 0 Å². The first-order valence-electron chi connectivity index (χ1n) is 7.87. The molecule has 2 aromatic rings. The van der Waals surface area contributed by atoms with Crippen LogP contribution in [0, 0.1) is 5.92 Å². The van der Waals surface area contributed by atoms with Gasteiger partial charge >= 0.3 is 5.97 Å². The molecule has 3 rings (SSSR count). The van der Waals surface area contributed by atoms with E-state index in [1.165, 1.54) is 0 Å². The number of nitrogens with zero attached hydrogens (tertiary/aromatic N) is 4. The number of thiazole rings is 1. The van der Waals surface area contributed by atoms with Crippen LogP contribution in [0.25, 0.3) is 10.8 Å². The third kappa shape index (κ3) is 4.11. The Hall–Kier alpha value is -1.86. The van der Waals surface area contributed by atoms with Gasteiger partial charge in [0.25, 0.3) is 0 Å². The maximum Gasteiger partial charge on any atom is 0.310 e. The van der Waals surface area contributed by atoms with Crippen LogP contribution in [0.1, 0.15) is 25.5 Å². The maximum absolute atomic E-state index is 11.9. The summed E-state index contributed by atoms with van der Waals surface area (Å²) in [7, 11) is 0. The van der Waals surface area contributed by atoms with E-state index < -0.39 is 0 Å². The Morgan fingerprint density at radius 2 is 2.26 bits per heavy atom. The van der Waals surface area contributed by atoms with Crippen molar-refractivity contribution < 1.29 is 9.53 Å². The molecule has 6 nitrogen and oxygen atoms in total. The summed E-state index contributed by atoms with van der Waals surface area (Å²) < 4.78 is 5.15. The van der Waals surface area contributed by atoms with Gasteiger partial charge in [-0.05, 0) is 32.4 Å². The molecule has 0 saturated carbocycles. The lowest BCUT2D eigenvalue weighted by Gasteiger charge is -2.30. The highest BCUT2D eigenvalue weighted by atomic mass is 32.1. The average molecular weight is 332 g/mol. The minimum absolute atomic E-state index is 0.0146. The molecule has 0 amide bonds. The zero-order chi connectivity index (χ0) is 16.1. The molecule has 7 heteroatoms. The summed E-state index contributed by atoms with van der Waals surface area (Å²) in [6.07, 6.45) is 5.37. The Labute approximate surface area is 139 Å². The molecule has 3 heterocycles. The van der Waals surface area contributed by atoms with E-state index in [0.717, 1.165) is 43.2 Å². The molecule has 1 atom stereocenters. The molecule has 0 N–H and O–H groups in total. The van der Waals surface area contributed by atoms with Crippen molar-refractivity contribution in [2.45, 2.75) is 26.3 Å². The van der Waals surface area contributed by atoms with Crippen molar-refractivity contribution in [2.24, 2.45) is 5.92 Å². The fourth-order valence-electron chi connectivity index (χ4n) is 2.77. The zero-order valence-corrected chi connectivity index (χ0v) is 14.0. The summed E-state index contributed by atoms with van der Waals surface area (Å²) in [5.41, 5.74) is 1.00. The minimum atomic E-state index is -0.0751. The SMILES string of the molecule is CCOC(=O)[C@@H]1CCCN(Cc2csc(-c3ncccn3)n2)C1. The van der Waals surface area contributed by atoms with Gasteiger partial charge in [-0.25, -0.2) is 15.0 Å². The van der Waals surface area contributed by atoms with E-state index in [4.69, 9.17) is 4.74 Å². The second-order valence-electron chi connectivity index (χ2n) is 5.54. The van der Waals surface area contributed by atoms with Gasteiger partial charge in [0.2, 0.25) is 0 Å². The number of hydrogen-bond acceptors (Lipinski definition) is 7. The Balaban J connectivity index is 1.61. The van der Waals surface area contributed by atoms with Crippen molar-refractivity contribution in [3.05, 3.63) is 29.5 Å². The quantitative estimate of drug-likeness (QED) is 0.783. The van der Waals surface area contributed by atoms with Crippen molar-refractivity contribution in [3.63, 3.8) is 0 Å². The Morgan fingerprint density at radius 1 is 1.43 bits per heavy atom. The van der Waals surface area contributed by atoms with Crippen molar-refractivity contribution >= 4 is 17.3 Å². The molecule has 1 saturated heterocycles. The van der Waals surface area contributed by atoms with Gasteiger partial charge in [-0.1, -0.05) is 0 Å². The smallest absolute Gasteiger partial charge is 0.310 e. The van der Waals surface area contributed by atoms with Crippen LogP contribution in [0.5, 0.6) is 0 Å². The Bertz CT molecular complexity index is 647. The van der Waals surface area contributed by atoms with Crippen LogP contribution in [0.4, 0.5) is 0 Å². The highest BCUT2D eigenvalue weighted by Gasteiger charge is 2.27. The summed E-state index contributed by atoms with van der Waals surface area (Å²) >= 11 is 1.55. The molecular weight excluding hydrogens is 312 g/mol. The molecule has 1 fully saturated rings. The van der Waals surface area contributed by atoms with Crippen LogP contribution in [0.3, 0.4) is 0 Å². The molecule has 0 radical (unpaired) electrons. The highest BCUT2D eigenvalue weighted by molar-refractivity contribution is 7.13. The third-order valence-electron chi connectivity index (χ3n) is 3.82. The standard InChI is InChI=1S/C16H20N4O2S/c1-2-22-16(21)12-5-3-8-20(9-12)10-13-11-23-15(19-13)14-17-6-4-7-18-14/h4,6-7,11-12H,2-3,5,8-10H2,1H3/t12-/m1/s1. The average Bonchev–Trinajstić information content (AvgIpc) is 3.05. The molecule has 1 aliphatic heterocycles. The summed E-state index contributed by atoms with van der Waals surface area (Å²) in [6, 6.07) is 1.79. The molecule has 0 spiro atoms. The number of carbonyl (C=O) groups is 1. The summed E-state index contributed by atoms with van der Waals surface area (Å²) in [6.45, 7) is 4.78. The number of likely N-dealkylation sites (tertiary alicyclic amines) is 1. The molecule has 0 aliphatic carbocycles. The predicted molar refractivity (Wildman–Crippen MR) is 87.8 cm³/mol. The minimum Gasteiger partial charge on any atom is -0.466 e. The number of hydrogen-bond donors (Lipinski definition) is 0. The van der Waals surface area contributed by atoms with Crippen molar-refractivity contribution in [3.8, 4) is 10.8 Å². The number of aromatic nitrogens is 3. The van der Waals surface area contributed by atoms with Gasteiger partial charge in [-0.3, -0.25) is 9.69 Å².